The number of rotatable bonds is 4. The molecule has 4 heteroatoms. The second-order valence-corrected chi connectivity index (χ2v) is 5.50. The minimum Gasteiger partial charge on any atom is -0.396 e. The van der Waals surface area contributed by atoms with Gasteiger partial charge in [0, 0.05) is 31.5 Å². The predicted molar refractivity (Wildman–Crippen MR) is 65.7 cm³/mol. The van der Waals surface area contributed by atoms with Crippen LogP contribution in [0, 0.1) is 5.92 Å². The molecule has 0 aromatic carbocycles. The monoisotopic (exact) mass is 243 g/mol. The molecule has 1 saturated carbocycles. The lowest BCUT2D eigenvalue weighted by Gasteiger charge is -2.37. The first-order valence-corrected chi connectivity index (χ1v) is 6.80. The lowest BCUT2D eigenvalue weighted by Crippen LogP contribution is -2.46. The van der Waals surface area contributed by atoms with Crippen LogP contribution in [0.4, 0.5) is 0 Å². The Bertz CT molecular complexity index is 231. The third kappa shape index (κ3) is 3.19. The highest BCUT2D eigenvalue weighted by Crippen LogP contribution is 2.35. The molecule has 0 aromatic rings. The molecule has 2 rings (SSSR count). The van der Waals surface area contributed by atoms with Crippen molar-refractivity contribution in [1.82, 2.24) is 5.32 Å². The molecule has 2 N–H and O–H groups in total. The summed E-state index contributed by atoms with van der Waals surface area (Å²) < 4.78 is 11.4. The van der Waals surface area contributed by atoms with Crippen molar-refractivity contribution in [3.05, 3.63) is 0 Å². The SMILES string of the molecule is CC(CO)C(C)NC1CCC2(CC1)OCCO2. The van der Waals surface area contributed by atoms with Crippen molar-refractivity contribution in [2.24, 2.45) is 5.92 Å². The van der Waals surface area contributed by atoms with Crippen LogP contribution >= 0.6 is 0 Å². The Morgan fingerprint density at radius 2 is 1.82 bits per heavy atom. The molecule has 0 aromatic heterocycles. The van der Waals surface area contributed by atoms with Gasteiger partial charge in [0.2, 0.25) is 0 Å². The van der Waals surface area contributed by atoms with E-state index in [4.69, 9.17) is 14.6 Å². The third-order valence-electron chi connectivity index (χ3n) is 4.20. The molecule has 4 nitrogen and oxygen atoms in total. The van der Waals surface area contributed by atoms with Gasteiger partial charge >= 0.3 is 0 Å². The summed E-state index contributed by atoms with van der Waals surface area (Å²) in [5.74, 6) is 0.0502. The number of aliphatic hydroxyl groups is 1. The second-order valence-electron chi connectivity index (χ2n) is 5.50. The van der Waals surface area contributed by atoms with Crippen LogP contribution in [0.25, 0.3) is 0 Å². The Labute approximate surface area is 104 Å². The molecule has 1 spiro atoms. The van der Waals surface area contributed by atoms with Gasteiger partial charge in [-0.25, -0.2) is 0 Å². The van der Waals surface area contributed by atoms with Gasteiger partial charge in [-0.1, -0.05) is 6.92 Å². The fraction of sp³-hybridized carbons (Fsp3) is 1.00. The largest absolute Gasteiger partial charge is 0.396 e. The van der Waals surface area contributed by atoms with Crippen LogP contribution in [0.5, 0.6) is 0 Å². The maximum Gasteiger partial charge on any atom is 0.168 e. The molecule has 2 atom stereocenters. The fourth-order valence-electron chi connectivity index (χ4n) is 2.70. The Kier molecular flexibility index (Phi) is 4.42. The maximum absolute atomic E-state index is 9.12. The lowest BCUT2D eigenvalue weighted by atomic mass is 9.89. The molecule has 2 unspecified atom stereocenters. The van der Waals surface area contributed by atoms with Crippen LogP contribution in [-0.2, 0) is 9.47 Å². The van der Waals surface area contributed by atoms with Crippen LogP contribution in [0.2, 0.25) is 0 Å². The van der Waals surface area contributed by atoms with Gasteiger partial charge in [0.05, 0.1) is 13.2 Å². The van der Waals surface area contributed by atoms with Crippen molar-refractivity contribution in [3.63, 3.8) is 0 Å². The summed E-state index contributed by atoms with van der Waals surface area (Å²) in [6, 6.07) is 0.905. The van der Waals surface area contributed by atoms with Crippen LogP contribution in [-0.4, -0.2) is 42.8 Å². The molecule has 1 heterocycles. The van der Waals surface area contributed by atoms with Crippen LogP contribution in [0.3, 0.4) is 0 Å². The van der Waals surface area contributed by atoms with Crippen molar-refractivity contribution >= 4 is 0 Å². The first kappa shape index (κ1) is 13.3. The van der Waals surface area contributed by atoms with Crippen molar-refractivity contribution in [1.29, 1.82) is 0 Å². The summed E-state index contributed by atoms with van der Waals surface area (Å²) in [7, 11) is 0. The summed E-state index contributed by atoms with van der Waals surface area (Å²) in [4.78, 5) is 0. The summed E-state index contributed by atoms with van der Waals surface area (Å²) >= 11 is 0. The number of hydrogen-bond acceptors (Lipinski definition) is 4. The minimum atomic E-state index is -0.260. The highest BCUT2D eigenvalue weighted by Gasteiger charge is 2.40. The zero-order chi connectivity index (χ0) is 12.3. The van der Waals surface area contributed by atoms with Gasteiger partial charge < -0.3 is 19.9 Å². The first-order chi connectivity index (χ1) is 8.15. The number of nitrogens with one attached hydrogen (secondary N) is 1. The van der Waals surface area contributed by atoms with E-state index in [-0.39, 0.29) is 12.4 Å². The van der Waals surface area contributed by atoms with E-state index in [1.54, 1.807) is 0 Å². The quantitative estimate of drug-likeness (QED) is 0.781. The third-order valence-corrected chi connectivity index (χ3v) is 4.20. The van der Waals surface area contributed by atoms with Gasteiger partial charge in [0.25, 0.3) is 0 Å². The van der Waals surface area contributed by atoms with E-state index in [1.165, 1.54) is 0 Å². The van der Waals surface area contributed by atoms with Crippen molar-refractivity contribution in [2.45, 2.75) is 57.4 Å². The molecule has 2 fully saturated rings. The topological polar surface area (TPSA) is 50.7 Å². The molecule has 100 valence electrons. The minimum absolute atomic E-state index is 0.247. The van der Waals surface area contributed by atoms with E-state index in [2.05, 4.69) is 19.2 Å². The Morgan fingerprint density at radius 3 is 2.35 bits per heavy atom. The zero-order valence-corrected chi connectivity index (χ0v) is 10.9. The first-order valence-electron chi connectivity index (χ1n) is 6.80. The Balaban J connectivity index is 1.75. The van der Waals surface area contributed by atoms with E-state index in [1.807, 2.05) is 0 Å². The van der Waals surface area contributed by atoms with E-state index >= 15 is 0 Å². The van der Waals surface area contributed by atoms with Gasteiger partial charge in [0.1, 0.15) is 0 Å². The lowest BCUT2D eigenvalue weighted by molar-refractivity contribution is -0.179. The van der Waals surface area contributed by atoms with Crippen LogP contribution in [0.15, 0.2) is 0 Å². The van der Waals surface area contributed by atoms with Gasteiger partial charge in [-0.3, -0.25) is 0 Å². The van der Waals surface area contributed by atoms with E-state index in [0.717, 1.165) is 38.9 Å². The summed E-state index contributed by atoms with van der Waals surface area (Å²) in [5, 5.41) is 12.7. The Hall–Kier alpha value is -0.160. The molecule has 0 radical (unpaired) electrons. The standard InChI is InChI=1S/C13H25NO3/c1-10(9-15)11(2)14-12-3-5-13(6-4-12)16-7-8-17-13/h10-12,14-15H,3-9H2,1-2H3. The second kappa shape index (κ2) is 5.65. The number of ether oxygens (including phenoxy) is 2. The van der Waals surface area contributed by atoms with Gasteiger partial charge in [-0.15, -0.1) is 0 Å². The molecule has 0 amide bonds. The predicted octanol–water partition coefficient (Wildman–Crippen LogP) is 1.28. The summed E-state index contributed by atoms with van der Waals surface area (Å²) in [5.41, 5.74) is 0. The normalized spacial score (nSPS) is 28.4. The smallest absolute Gasteiger partial charge is 0.168 e. The number of hydrogen-bond donors (Lipinski definition) is 2. The summed E-state index contributed by atoms with van der Waals surface area (Å²) in [6.45, 7) is 5.96. The molecule has 17 heavy (non-hydrogen) atoms. The van der Waals surface area contributed by atoms with Crippen LogP contribution in [0.1, 0.15) is 39.5 Å². The Morgan fingerprint density at radius 1 is 1.24 bits per heavy atom. The average Bonchev–Trinajstić information content (AvgIpc) is 2.80. The highest BCUT2D eigenvalue weighted by molar-refractivity contribution is 4.87. The molecule has 1 saturated heterocycles. The van der Waals surface area contributed by atoms with Gasteiger partial charge in [-0.2, -0.15) is 0 Å². The zero-order valence-electron chi connectivity index (χ0n) is 10.9. The maximum atomic E-state index is 9.12. The van der Waals surface area contributed by atoms with Crippen molar-refractivity contribution in [2.75, 3.05) is 19.8 Å². The number of aliphatic hydroxyl groups excluding tert-OH is 1. The van der Waals surface area contributed by atoms with E-state index in [9.17, 15) is 0 Å². The summed E-state index contributed by atoms with van der Waals surface area (Å²) in [6.07, 6.45) is 4.18. The fourth-order valence-corrected chi connectivity index (χ4v) is 2.70. The van der Waals surface area contributed by atoms with Gasteiger partial charge in [-0.05, 0) is 25.7 Å². The van der Waals surface area contributed by atoms with Crippen molar-refractivity contribution in [3.8, 4) is 0 Å². The molecule has 1 aliphatic carbocycles. The average molecular weight is 243 g/mol. The molecular formula is C13H25NO3. The molecule has 1 aliphatic heterocycles. The highest BCUT2D eigenvalue weighted by atomic mass is 16.7. The molecule has 0 bridgehead atoms. The van der Waals surface area contributed by atoms with Crippen LogP contribution < -0.4 is 5.32 Å². The van der Waals surface area contributed by atoms with Gasteiger partial charge in [0.15, 0.2) is 5.79 Å². The van der Waals surface area contributed by atoms with E-state index in [0.29, 0.717) is 18.0 Å². The van der Waals surface area contributed by atoms with Crippen molar-refractivity contribution < 1.29 is 14.6 Å². The molecular weight excluding hydrogens is 218 g/mol. The van der Waals surface area contributed by atoms with E-state index < -0.39 is 0 Å². The molecule has 2 aliphatic rings.